The summed E-state index contributed by atoms with van der Waals surface area (Å²) >= 11 is 5.94. The molecule has 4 rings (SSSR count). The van der Waals surface area contributed by atoms with Crippen LogP contribution in [-0.4, -0.2) is 25.7 Å². The average molecular weight is 404 g/mol. The zero-order valence-corrected chi connectivity index (χ0v) is 16.5. The number of halogens is 1. The molecule has 0 fully saturated rings. The highest BCUT2D eigenvalue weighted by Gasteiger charge is 2.19. The molecule has 7 heteroatoms. The summed E-state index contributed by atoms with van der Waals surface area (Å²) in [7, 11) is 0. The van der Waals surface area contributed by atoms with Gasteiger partial charge in [0.2, 0.25) is 5.95 Å². The minimum atomic E-state index is -0.296. The van der Waals surface area contributed by atoms with Crippen molar-refractivity contribution in [3.05, 3.63) is 94.8 Å². The summed E-state index contributed by atoms with van der Waals surface area (Å²) in [6, 6.07) is 18.5. The van der Waals surface area contributed by atoms with Gasteiger partial charge in [0.15, 0.2) is 5.82 Å². The van der Waals surface area contributed by atoms with Crippen LogP contribution < -0.4 is 5.32 Å². The predicted molar refractivity (Wildman–Crippen MR) is 113 cm³/mol. The van der Waals surface area contributed by atoms with E-state index in [9.17, 15) is 4.79 Å². The number of anilines is 1. The fourth-order valence-corrected chi connectivity index (χ4v) is 2.91. The second-order valence-corrected chi connectivity index (χ2v) is 7.00. The van der Waals surface area contributed by atoms with E-state index < -0.39 is 0 Å². The number of carbonyl (C=O) groups excluding carboxylic acids is 1. The van der Waals surface area contributed by atoms with Gasteiger partial charge in [-0.15, -0.1) is 5.10 Å². The Hall–Kier alpha value is -3.51. The topological polar surface area (TPSA) is 72.7 Å². The van der Waals surface area contributed by atoms with E-state index in [0.717, 1.165) is 11.1 Å². The van der Waals surface area contributed by atoms with E-state index in [1.165, 1.54) is 10.2 Å². The van der Waals surface area contributed by atoms with Crippen molar-refractivity contribution in [3.8, 4) is 11.4 Å². The normalized spacial score (nSPS) is 10.7. The van der Waals surface area contributed by atoms with Gasteiger partial charge in [-0.2, -0.15) is 9.67 Å². The molecule has 144 valence electrons. The Morgan fingerprint density at radius 3 is 2.52 bits per heavy atom. The molecule has 0 aliphatic carbocycles. The van der Waals surface area contributed by atoms with Gasteiger partial charge >= 0.3 is 0 Å². The fourth-order valence-electron chi connectivity index (χ4n) is 2.79. The maximum Gasteiger partial charge on any atom is 0.281 e. The summed E-state index contributed by atoms with van der Waals surface area (Å²) in [4.78, 5) is 21.7. The maximum absolute atomic E-state index is 13.0. The van der Waals surface area contributed by atoms with Crippen LogP contribution in [0.25, 0.3) is 11.4 Å². The van der Waals surface area contributed by atoms with E-state index in [1.54, 1.807) is 42.7 Å². The van der Waals surface area contributed by atoms with E-state index in [2.05, 4.69) is 20.4 Å². The second-order valence-electron chi connectivity index (χ2n) is 6.56. The molecule has 2 aromatic carbocycles. The van der Waals surface area contributed by atoms with Crippen LogP contribution in [-0.2, 0) is 6.54 Å². The molecule has 0 atom stereocenters. The second kappa shape index (κ2) is 8.24. The van der Waals surface area contributed by atoms with Crippen LogP contribution in [0.4, 0.5) is 5.95 Å². The first-order valence-electron chi connectivity index (χ1n) is 9.07. The maximum atomic E-state index is 13.0. The molecule has 2 aromatic heterocycles. The summed E-state index contributed by atoms with van der Waals surface area (Å²) in [5.74, 6) is 0.493. The van der Waals surface area contributed by atoms with Gasteiger partial charge < -0.3 is 5.32 Å². The summed E-state index contributed by atoms with van der Waals surface area (Å²) < 4.78 is 1.28. The lowest BCUT2D eigenvalue weighted by Crippen LogP contribution is -2.17. The molecule has 0 aliphatic heterocycles. The number of rotatable bonds is 5. The molecular formula is C22H18ClN5O. The zero-order valence-electron chi connectivity index (χ0n) is 15.7. The van der Waals surface area contributed by atoms with Crippen molar-refractivity contribution >= 4 is 23.5 Å². The van der Waals surface area contributed by atoms with Gasteiger partial charge in [-0.3, -0.25) is 9.78 Å². The highest BCUT2D eigenvalue weighted by molar-refractivity contribution is 6.30. The Balaban J connectivity index is 1.67. The van der Waals surface area contributed by atoms with Gasteiger partial charge in [0, 0.05) is 35.1 Å². The molecule has 4 aromatic rings. The van der Waals surface area contributed by atoms with E-state index in [0.29, 0.717) is 28.9 Å². The minimum Gasteiger partial charge on any atom is -0.350 e. The number of aromatic nitrogens is 4. The first-order valence-corrected chi connectivity index (χ1v) is 9.45. The van der Waals surface area contributed by atoms with Crippen LogP contribution in [0.1, 0.15) is 21.5 Å². The van der Waals surface area contributed by atoms with Crippen molar-refractivity contribution < 1.29 is 4.79 Å². The van der Waals surface area contributed by atoms with Gasteiger partial charge in [-0.1, -0.05) is 41.4 Å². The van der Waals surface area contributed by atoms with Gasteiger partial charge in [0.1, 0.15) is 0 Å². The lowest BCUT2D eigenvalue weighted by Gasteiger charge is -2.08. The summed E-state index contributed by atoms with van der Waals surface area (Å²) in [5.41, 5.74) is 3.46. The summed E-state index contributed by atoms with van der Waals surface area (Å²) in [6.45, 7) is 2.55. The van der Waals surface area contributed by atoms with Gasteiger partial charge in [0.05, 0.1) is 0 Å². The van der Waals surface area contributed by atoms with Gasteiger partial charge in [-0.05, 0) is 48.9 Å². The Morgan fingerprint density at radius 1 is 1.07 bits per heavy atom. The van der Waals surface area contributed by atoms with Crippen LogP contribution in [0, 0.1) is 6.92 Å². The fraction of sp³-hybridized carbons (Fsp3) is 0.0909. The molecule has 0 saturated carbocycles. The minimum absolute atomic E-state index is 0.296. The number of hydrogen-bond donors (Lipinski definition) is 1. The van der Waals surface area contributed by atoms with Crippen LogP contribution in [0.2, 0.25) is 5.02 Å². The highest BCUT2D eigenvalue weighted by Crippen LogP contribution is 2.19. The van der Waals surface area contributed by atoms with Crippen molar-refractivity contribution in [3.63, 3.8) is 0 Å². The molecule has 29 heavy (non-hydrogen) atoms. The third-order valence-corrected chi connectivity index (χ3v) is 4.63. The highest BCUT2D eigenvalue weighted by atomic mass is 35.5. The third-order valence-electron chi connectivity index (χ3n) is 4.38. The average Bonchev–Trinajstić information content (AvgIpc) is 3.18. The van der Waals surface area contributed by atoms with Crippen LogP contribution in [0.15, 0.2) is 73.1 Å². The van der Waals surface area contributed by atoms with Crippen LogP contribution in [0.3, 0.4) is 0 Å². The molecular weight excluding hydrogens is 386 g/mol. The van der Waals surface area contributed by atoms with Gasteiger partial charge in [0.25, 0.3) is 5.91 Å². The Labute approximate surface area is 173 Å². The van der Waals surface area contributed by atoms with E-state index >= 15 is 0 Å². The van der Waals surface area contributed by atoms with E-state index in [4.69, 9.17) is 11.6 Å². The molecule has 0 spiro atoms. The van der Waals surface area contributed by atoms with Crippen LogP contribution >= 0.6 is 11.6 Å². The SMILES string of the molecule is Cc1ccc(CNc2nc(-c3cccnc3)nn2C(=O)c2ccc(Cl)cc2)cc1. The standard InChI is InChI=1S/C22H18ClN5O/c1-15-4-6-16(7-5-15)13-25-22-26-20(18-3-2-12-24-14-18)27-28(22)21(29)17-8-10-19(23)11-9-17/h2-12,14H,13H2,1H3,(H,25,26,27). The summed E-state index contributed by atoms with van der Waals surface area (Å²) in [6.07, 6.45) is 3.34. The molecule has 6 nitrogen and oxygen atoms in total. The Kier molecular flexibility index (Phi) is 5.35. The molecule has 1 N–H and O–H groups in total. The van der Waals surface area contributed by atoms with Crippen molar-refractivity contribution in [2.45, 2.75) is 13.5 Å². The lowest BCUT2D eigenvalue weighted by atomic mass is 10.1. The number of hydrogen-bond acceptors (Lipinski definition) is 5. The Morgan fingerprint density at radius 2 is 1.83 bits per heavy atom. The predicted octanol–water partition coefficient (Wildman–Crippen LogP) is 4.60. The number of aryl methyl sites for hydroxylation is 1. The van der Waals surface area contributed by atoms with Crippen molar-refractivity contribution in [2.24, 2.45) is 0 Å². The van der Waals surface area contributed by atoms with Crippen molar-refractivity contribution in [1.29, 1.82) is 0 Å². The number of nitrogens with zero attached hydrogens (tertiary/aromatic N) is 4. The quantitative estimate of drug-likeness (QED) is 0.527. The Bertz CT molecular complexity index is 1120. The molecule has 0 radical (unpaired) electrons. The largest absolute Gasteiger partial charge is 0.350 e. The van der Waals surface area contributed by atoms with E-state index in [-0.39, 0.29) is 5.91 Å². The molecule has 0 unspecified atom stereocenters. The van der Waals surface area contributed by atoms with Crippen molar-refractivity contribution in [1.82, 2.24) is 19.7 Å². The third kappa shape index (κ3) is 4.33. The zero-order chi connectivity index (χ0) is 20.2. The number of nitrogens with one attached hydrogen (secondary N) is 1. The van der Waals surface area contributed by atoms with Gasteiger partial charge in [-0.25, -0.2) is 0 Å². The monoisotopic (exact) mass is 403 g/mol. The number of pyridine rings is 1. The first kappa shape index (κ1) is 18.8. The molecule has 0 saturated heterocycles. The number of benzene rings is 2. The van der Waals surface area contributed by atoms with Crippen LogP contribution in [0.5, 0.6) is 0 Å². The first-order chi connectivity index (χ1) is 14.1. The van der Waals surface area contributed by atoms with E-state index in [1.807, 2.05) is 37.3 Å². The molecule has 0 aliphatic rings. The smallest absolute Gasteiger partial charge is 0.281 e. The molecule has 0 bridgehead atoms. The number of carbonyl (C=O) groups is 1. The summed E-state index contributed by atoms with van der Waals surface area (Å²) in [5, 5.41) is 8.21. The molecule has 0 amide bonds. The molecule has 2 heterocycles. The van der Waals surface area contributed by atoms with Crippen molar-refractivity contribution in [2.75, 3.05) is 5.32 Å². The lowest BCUT2D eigenvalue weighted by molar-refractivity contribution is 0.0947.